The molecule has 1 aromatic heterocycles. The number of hydrogen-bond donors (Lipinski definition) is 0. The van der Waals surface area contributed by atoms with E-state index in [4.69, 9.17) is 0 Å². The second-order valence-electron chi connectivity index (χ2n) is 9.54. The molecule has 0 aliphatic rings. The number of Topliss-reactive ketones (excluding diaryl/α,β-unsaturated/α-hetero) is 1. The van der Waals surface area contributed by atoms with Crippen LogP contribution in [0.5, 0.6) is 0 Å². The summed E-state index contributed by atoms with van der Waals surface area (Å²) in [5.74, 6) is -1.32. The second kappa shape index (κ2) is 13.5. The molecular weight excluding hydrogens is 556 g/mol. The third-order valence-corrected chi connectivity index (χ3v) is 7.56. The predicted octanol–water partition coefficient (Wildman–Crippen LogP) is 7.55. The molecular formula is C36H26N2O4S. The zero-order valence-corrected chi connectivity index (χ0v) is 24.0. The van der Waals surface area contributed by atoms with E-state index >= 15 is 0 Å². The lowest BCUT2D eigenvalue weighted by Crippen LogP contribution is -2.10. The SMILES string of the molecule is C/C(=C/S/C(=C\C(=O)c1ccccc1)C(=O)c1ccccc1)n1cc(C(=O)c2ccccc2)c(C(=O)c2ccccc2)n1. The van der Waals surface area contributed by atoms with Gasteiger partial charge in [-0.1, -0.05) is 133 Å². The van der Waals surface area contributed by atoms with Gasteiger partial charge >= 0.3 is 0 Å². The van der Waals surface area contributed by atoms with Crippen LogP contribution in [-0.2, 0) is 0 Å². The number of rotatable bonds is 11. The van der Waals surface area contributed by atoms with Crippen LogP contribution in [0.2, 0.25) is 0 Å². The predicted molar refractivity (Wildman–Crippen MR) is 169 cm³/mol. The number of nitrogens with zero attached hydrogens (tertiary/aromatic N) is 2. The first-order valence-electron chi connectivity index (χ1n) is 13.5. The maximum absolute atomic E-state index is 13.5. The number of hydrogen-bond acceptors (Lipinski definition) is 6. The van der Waals surface area contributed by atoms with Crippen molar-refractivity contribution in [3.63, 3.8) is 0 Å². The van der Waals surface area contributed by atoms with E-state index in [2.05, 4.69) is 5.10 Å². The van der Waals surface area contributed by atoms with E-state index in [9.17, 15) is 19.2 Å². The normalized spacial score (nSPS) is 11.7. The van der Waals surface area contributed by atoms with Gasteiger partial charge in [0.25, 0.3) is 0 Å². The molecule has 0 radical (unpaired) electrons. The van der Waals surface area contributed by atoms with Crippen molar-refractivity contribution in [1.82, 2.24) is 9.78 Å². The topological polar surface area (TPSA) is 86.1 Å². The molecule has 0 fully saturated rings. The van der Waals surface area contributed by atoms with Gasteiger partial charge < -0.3 is 0 Å². The summed E-state index contributed by atoms with van der Waals surface area (Å²) < 4.78 is 1.45. The Morgan fingerprint density at radius 1 is 0.628 bits per heavy atom. The fourth-order valence-electron chi connectivity index (χ4n) is 4.25. The molecule has 6 nitrogen and oxygen atoms in total. The minimum atomic E-state index is -0.382. The molecule has 5 aromatic rings. The van der Waals surface area contributed by atoms with E-state index in [-0.39, 0.29) is 39.3 Å². The van der Waals surface area contributed by atoms with Gasteiger partial charge in [-0.3, -0.25) is 19.2 Å². The maximum Gasteiger partial charge on any atom is 0.214 e. The molecule has 1 heterocycles. The molecule has 0 amide bonds. The van der Waals surface area contributed by atoms with Gasteiger partial charge in [0.15, 0.2) is 17.3 Å². The second-order valence-corrected chi connectivity index (χ2v) is 10.4. The number of aromatic nitrogens is 2. The van der Waals surface area contributed by atoms with Gasteiger partial charge in [-0.2, -0.15) is 5.10 Å². The highest BCUT2D eigenvalue weighted by Crippen LogP contribution is 2.27. The summed E-state index contributed by atoms with van der Waals surface area (Å²) in [6, 6.07) is 34.8. The van der Waals surface area contributed by atoms with E-state index in [1.54, 1.807) is 115 Å². The number of thioether (sulfide) groups is 1. The smallest absolute Gasteiger partial charge is 0.214 e. The van der Waals surface area contributed by atoms with Gasteiger partial charge in [-0.15, -0.1) is 0 Å². The Morgan fingerprint density at radius 2 is 1.09 bits per heavy atom. The van der Waals surface area contributed by atoms with E-state index in [0.29, 0.717) is 28.0 Å². The summed E-state index contributed by atoms with van der Waals surface area (Å²) in [6.45, 7) is 1.75. The van der Waals surface area contributed by atoms with E-state index in [1.807, 2.05) is 18.2 Å². The van der Waals surface area contributed by atoms with Crippen molar-refractivity contribution in [3.8, 4) is 0 Å². The summed E-state index contributed by atoms with van der Waals surface area (Å²) in [7, 11) is 0. The number of ketones is 4. The Labute approximate surface area is 253 Å². The monoisotopic (exact) mass is 582 g/mol. The lowest BCUT2D eigenvalue weighted by Gasteiger charge is -2.06. The van der Waals surface area contributed by atoms with Crippen molar-refractivity contribution < 1.29 is 19.2 Å². The molecule has 43 heavy (non-hydrogen) atoms. The third kappa shape index (κ3) is 6.92. The number of carbonyl (C=O) groups excluding carboxylic acids is 4. The Bertz CT molecular complexity index is 1770. The molecule has 0 saturated carbocycles. The standard InChI is InChI=1S/C36H26N2O4S/c1-25(24-43-32(35(41)28-18-10-4-11-19-28)22-31(39)26-14-6-2-7-15-26)38-23-30(34(40)27-16-8-3-9-17-27)33(37-38)36(42)29-20-12-5-13-21-29/h2-24H,1H3/b25-24-,32-22-. The summed E-state index contributed by atoms with van der Waals surface area (Å²) >= 11 is 1.07. The molecule has 4 aromatic carbocycles. The van der Waals surface area contributed by atoms with Crippen LogP contribution in [0.15, 0.2) is 144 Å². The van der Waals surface area contributed by atoms with Crippen LogP contribution < -0.4 is 0 Å². The van der Waals surface area contributed by atoms with Crippen LogP contribution in [0, 0.1) is 0 Å². The molecule has 0 unspecified atom stereocenters. The minimum absolute atomic E-state index is 0.0215. The lowest BCUT2D eigenvalue weighted by atomic mass is 9.99. The molecule has 0 aliphatic carbocycles. The van der Waals surface area contributed by atoms with E-state index < -0.39 is 0 Å². The van der Waals surface area contributed by atoms with Crippen LogP contribution in [0.1, 0.15) is 59.6 Å². The van der Waals surface area contributed by atoms with Crippen molar-refractivity contribution in [2.24, 2.45) is 0 Å². The Hall–Kier alpha value is -5.40. The van der Waals surface area contributed by atoms with Crippen molar-refractivity contribution in [2.45, 2.75) is 6.92 Å². The van der Waals surface area contributed by atoms with E-state index in [0.717, 1.165) is 11.8 Å². The number of allylic oxidation sites excluding steroid dienone is 3. The average Bonchev–Trinajstić information content (AvgIpc) is 3.52. The average molecular weight is 583 g/mol. The summed E-state index contributed by atoms with van der Waals surface area (Å²) in [6.07, 6.45) is 2.85. The molecule has 210 valence electrons. The van der Waals surface area contributed by atoms with Crippen LogP contribution in [0.3, 0.4) is 0 Å². The molecule has 0 aliphatic heterocycles. The molecule has 0 spiro atoms. The highest BCUT2D eigenvalue weighted by Gasteiger charge is 2.24. The third-order valence-electron chi connectivity index (χ3n) is 6.54. The number of carbonyl (C=O) groups is 4. The van der Waals surface area contributed by atoms with Crippen molar-refractivity contribution in [1.29, 1.82) is 0 Å². The highest BCUT2D eigenvalue weighted by atomic mass is 32.2. The highest BCUT2D eigenvalue weighted by molar-refractivity contribution is 8.06. The fraction of sp³-hybridized carbons (Fsp3) is 0.0278. The van der Waals surface area contributed by atoms with Gasteiger partial charge in [-0.25, -0.2) is 4.68 Å². The summed E-state index contributed by atoms with van der Waals surface area (Å²) in [4.78, 5) is 53.6. The van der Waals surface area contributed by atoms with E-state index in [1.165, 1.54) is 17.0 Å². The summed E-state index contributed by atoms with van der Waals surface area (Å²) in [5, 5.41) is 6.19. The van der Waals surface area contributed by atoms with Crippen LogP contribution in [0.4, 0.5) is 0 Å². The van der Waals surface area contributed by atoms with Gasteiger partial charge in [0.1, 0.15) is 5.69 Å². The number of benzene rings is 4. The first-order valence-corrected chi connectivity index (χ1v) is 14.3. The quantitative estimate of drug-likeness (QED) is 0.118. The molecule has 5 rings (SSSR count). The first-order chi connectivity index (χ1) is 20.9. The molecule has 0 saturated heterocycles. The minimum Gasteiger partial charge on any atom is -0.289 e. The molecule has 0 N–H and O–H groups in total. The van der Waals surface area contributed by atoms with Crippen molar-refractivity contribution >= 4 is 40.6 Å². The maximum atomic E-state index is 13.5. The first kappa shape index (κ1) is 29.1. The zero-order chi connectivity index (χ0) is 30.2. The van der Waals surface area contributed by atoms with Gasteiger partial charge in [0.05, 0.1) is 10.5 Å². The van der Waals surface area contributed by atoms with Gasteiger partial charge in [0.2, 0.25) is 5.78 Å². The molecule has 0 bridgehead atoms. The zero-order valence-electron chi connectivity index (χ0n) is 23.2. The lowest BCUT2D eigenvalue weighted by molar-refractivity contribution is 0.100. The molecule has 0 atom stereocenters. The van der Waals surface area contributed by atoms with Crippen LogP contribution in [0.25, 0.3) is 5.70 Å². The Morgan fingerprint density at radius 3 is 1.63 bits per heavy atom. The van der Waals surface area contributed by atoms with Gasteiger partial charge in [0, 0.05) is 40.2 Å². The van der Waals surface area contributed by atoms with Crippen molar-refractivity contribution in [3.05, 3.63) is 177 Å². The van der Waals surface area contributed by atoms with Crippen LogP contribution >= 0.6 is 11.8 Å². The van der Waals surface area contributed by atoms with Crippen molar-refractivity contribution in [2.75, 3.05) is 0 Å². The Kier molecular flexibility index (Phi) is 9.14. The fourth-order valence-corrected chi connectivity index (χ4v) is 5.06. The largest absolute Gasteiger partial charge is 0.289 e. The molecule has 7 heteroatoms. The summed E-state index contributed by atoms with van der Waals surface area (Å²) in [5.41, 5.74) is 2.46. The van der Waals surface area contributed by atoms with Crippen LogP contribution in [-0.4, -0.2) is 32.9 Å². The van der Waals surface area contributed by atoms with Gasteiger partial charge in [-0.05, 0) is 12.3 Å². The Balaban J connectivity index is 1.51.